The molecule has 1 aliphatic carbocycles. The first-order valence-corrected chi connectivity index (χ1v) is 20.3. The molecule has 4 heterocycles. The molecule has 2 aromatic rings. The number of nitrogens with two attached hydrogens (primary N) is 2. The van der Waals surface area contributed by atoms with Crippen molar-refractivity contribution in [3.8, 4) is 5.75 Å². The quantitative estimate of drug-likeness (QED) is 0.0300. The summed E-state index contributed by atoms with van der Waals surface area (Å²) in [4.78, 5) is 59.3. The van der Waals surface area contributed by atoms with E-state index in [2.05, 4.69) is 26.1 Å². The second kappa shape index (κ2) is 20.6. The minimum Gasteiger partial charge on any atom is -0.490 e. The summed E-state index contributed by atoms with van der Waals surface area (Å²) in [5.74, 6) is 5.00. The molecule has 320 valence electrons. The molecule has 0 aromatic heterocycles. The Morgan fingerprint density at radius 2 is 1.60 bits per heavy atom. The second-order valence-electron chi connectivity index (χ2n) is 14.7. The number of hydroxylamine groups is 1. The van der Waals surface area contributed by atoms with Crippen molar-refractivity contribution in [3.05, 3.63) is 88.5 Å². The van der Waals surface area contributed by atoms with Crippen LogP contribution < -0.4 is 32.4 Å². The zero-order chi connectivity index (χ0) is 41.8. The van der Waals surface area contributed by atoms with E-state index in [0.717, 1.165) is 65.6 Å². The molecule has 0 saturated carbocycles. The molecule has 2 saturated heterocycles. The van der Waals surface area contributed by atoms with Crippen molar-refractivity contribution in [1.82, 2.24) is 20.6 Å². The van der Waals surface area contributed by atoms with E-state index in [0.29, 0.717) is 65.1 Å². The van der Waals surface area contributed by atoms with E-state index in [1.165, 1.54) is 0 Å². The van der Waals surface area contributed by atoms with Crippen molar-refractivity contribution in [1.29, 1.82) is 0 Å². The van der Waals surface area contributed by atoms with Crippen molar-refractivity contribution in [2.45, 2.75) is 43.9 Å². The second-order valence-corrected chi connectivity index (χ2v) is 14.7. The number of amides is 4. The molecular formula is C42H52N8O10. The molecule has 60 heavy (non-hydrogen) atoms. The lowest BCUT2D eigenvalue weighted by Gasteiger charge is -2.32. The summed E-state index contributed by atoms with van der Waals surface area (Å²) in [5, 5.41) is 8.96. The largest absolute Gasteiger partial charge is 0.490 e. The van der Waals surface area contributed by atoms with E-state index in [1.54, 1.807) is 18.2 Å². The number of ether oxygens (including phenoxy) is 5. The van der Waals surface area contributed by atoms with Crippen molar-refractivity contribution in [2.75, 3.05) is 84.4 Å². The summed E-state index contributed by atoms with van der Waals surface area (Å²) in [6, 6.07) is 11.8. The third-order valence-corrected chi connectivity index (χ3v) is 10.7. The minimum atomic E-state index is -1.01. The van der Waals surface area contributed by atoms with Crippen LogP contribution in [-0.2, 0) is 33.4 Å². The number of imide groups is 2. The van der Waals surface area contributed by atoms with Gasteiger partial charge in [0.25, 0.3) is 11.8 Å². The van der Waals surface area contributed by atoms with Gasteiger partial charge in [-0.3, -0.25) is 29.4 Å². The number of piperidine rings is 2. The fourth-order valence-electron chi connectivity index (χ4n) is 7.59. The van der Waals surface area contributed by atoms with E-state index in [4.69, 9.17) is 40.1 Å². The first-order valence-electron chi connectivity index (χ1n) is 20.3. The Morgan fingerprint density at radius 3 is 2.33 bits per heavy atom. The van der Waals surface area contributed by atoms with Crippen LogP contribution in [0.3, 0.4) is 0 Å². The monoisotopic (exact) mass is 828 g/mol. The molecular weight excluding hydrogens is 777 g/mol. The smallest absolute Gasteiger partial charge is 0.264 e. The van der Waals surface area contributed by atoms with Crippen molar-refractivity contribution >= 4 is 40.9 Å². The van der Waals surface area contributed by atoms with Crippen LogP contribution in [0.1, 0.15) is 52.0 Å². The number of hydrogen-bond acceptors (Lipinski definition) is 15. The molecule has 7 N–H and O–H groups in total. The van der Waals surface area contributed by atoms with Gasteiger partial charge in [-0.1, -0.05) is 30.4 Å². The van der Waals surface area contributed by atoms with Crippen LogP contribution in [0.5, 0.6) is 5.75 Å². The third-order valence-electron chi connectivity index (χ3n) is 10.7. The number of carbonyl (C=O) groups is 4. The van der Waals surface area contributed by atoms with Gasteiger partial charge < -0.3 is 50.3 Å². The van der Waals surface area contributed by atoms with E-state index in [9.17, 15) is 19.2 Å². The summed E-state index contributed by atoms with van der Waals surface area (Å²) in [5.41, 5.74) is 12.5. The molecule has 7 rings (SSSR count). The van der Waals surface area contributed by atoms with Crippen molar-refractivity contribution in [2.24, 2.45) is 16.7 Å². The zero-order valence-corrected chi connectivity index (χ0v) is 33.4. The average Bonchev–Trinajstić information content (AvgIpc) is 3.80. The van der Waals surface area contributed by atoms with Crippen molar-refractivity contribution < 1.29 is 47.7 Å². The predicted octanol–water partition coefficient (Wildman–Crippen LogP) is 1.45. The van der Waals surface area contributed by atoms with Gasteiger partial charge in [-0.05, 0) is 49.6 Å². The Hall–Kier alpha value is -5.63. The molecule has 0 bridgehead atoms. The van der Waals surface area contributed by atoms with Crippen LogP contribution in [0.2, 0.25) is 0 Å². The summed E-state index contributed by atoms with van der Waals surface area (Å²) in [7, 11) is 0. The van der Waals surface area contributed by atoms with E-state index < -0.39 is 29.7 Å². The molecule has 2 atom stereocenters. The van der Waals surface area contributed by atoms with Crippen molar-refractivity contribution in [3.63, 3.8) is 0 Å². The van der Waals surface area contributed by atoms with E-state index >= 15 is 0 Å². The van der Waals surface area contributed by atoms with Gasteiger partial charge in [-0.25, -0.2) is 0 Å². The molecule has 2 aromatic carbocycles. The normalized spacial score (nSPS) is 20.9. The first-order chi connectivity index (χ1) is 29.3. The number of benzene rings is 2. The number of anilines is 1. The molecule has 5 aliphatic rings. The Balaban J connectivity index is 0.690. The van der Waals surface area contributed by atoms with Gasteiger partial charge in [-0.2, -0.15) is 5.10 Å². The number of hydrogen-bond donors (Lipinski definition) is 5. The molecule has 4 aliphatic heterocycles. The number of hydrazone groups is 1. The number of nitrogens with zero attached hydrogens (tertiary/aromatic N) is 3. The van der Waals surface area contributed by atoms with E-state index in [-0.39, 0.29) is 41.9 Å². The van der Waals surface area contributed by atoms with Gasteiger partial charge in [0.05, 0.1) is 70.0 Å². The maximum absolute atomic E-state index is 13.2. The van der Waals surface area contributed by atoms with Gasteiger partial charge in [-0.15, -0.1) is 5.48 Å². The van der Waals surface area contributed by atoms with Crippen LogP contribution >= 0.6 is 0 Å². The average molecular weight is 829 g/mol. The fraction of sp³-hybridized carbons (Fsp3) is 0.452. The number of amidine groups is 1. The zero-order valence-electron chi connectivity index (χ0n) is 33.4. The summed E-state index contributed by atoms with van der Waals surface area (Å²) >= 11 is 0. The van der Waals surface area contributed by atoms with Crippen LogP contribution in [0.25, 0.3) is 5.76 Å². The molecule has 4 amide bonds. The Labute approximate surface area is 347 Å². The SMILES string of the molecule is N/N=C(\N)C1=CC2=C(c3cccc(OC4CCN(CCOCCOCCOCCOCCNc5cccc6c5C(=O)N(C5CCC(=O)NC5=O)C6=O)CC4)c3)ONC2C=C1. The lowest BCUT2D eigenvalue weighted by molar-refractivity contribution is -0.136. The molecule has 2 unspecified atom stereocenters. The number of carbonyl (C=O) groups excluding carboxylic acids is 4. The molecule has 2 fully saturated rings. The molecule has 18 heteroatoms. The lowest BCUT2D eigenvalue weighted by Crippen LogP contribution is -2.54. The van der Waals surface area contributed by atoms with Gasteiger partial charge >= 0.3 is 0 Å². The van der Waals surface area contributed by atoms with Gasteiger partial charge in [0.15, 0.2) is 5.76 Å². The Bertz CT molecular complexity index is 2030. The lowest BCUT2D eigenvalue weighted by atomic mass is 9.95. The van der Waals surface area contributed by atoms with Crippen LogP contribution in [0, 0.1) is 0 Å². The maximum Gasteiger partial charge on any atom is 0.264 e. The van der Waals surface area contributed by atoms with Crippen LogP contribution in [-0.4, -0.2) is 136 Å². The molecule has 0 spiro atoms. The predicted molar refractivity (Wildman–Crippen MR) is 219 cm³/mol. The number of nitrogens with one attached hydrogen (secondary N) is 3. The number of likely N-dealkylation sites (tertiary alicyclic amines) is 1. The van der Waals surface area contributed by atoms with Crippen LogP contribution in [0.15, 0.2) is 76.9 Å². The molecule has 18 nitrogen and oxygen atoms in total. The highest BCUT2D eigenvalue weighted by Crippen LogP contribution is 2.34. The summed E-state index contributed by atoms with van der Waals surface area (Å²) < 4.78 is 29.0. The number of rotatable bonds is 21. The minimum absolute atomic E-state index is 0.0657. The first kappa shape index (κ1) is 42.5. The summed E-state index contributed by atoms with van der Waals surface area (Å²) in [6.07, 6.45) is 7.91. The maximum atomic E-state index is 13.2. The van der Waals surface area contributed by atoms with E-state index in [1.807, 2.05) is 42.5 Å². The van der Waals surface area contributed by atoms with Gasteiger partial charge in [0.2, 0.25) is 11.8 Å². The third kappa shape index (κ3) is 10.4. The highest BCUT2D eigenvalue weighted by molar-refractivity contribution is 6.25. The topological polar surface area (TPSA) is 231 Å². The van der Waals surface area contributed by atoms with Crippen LogP contribution in [0.4, 0.5) is 5.69 Å². The Morgan fingerprint density at radius 1 is 0.883 bits per heavy atom. The highest BCUT2D eigenvalue weighted by Gasteiger charge is 2.45. The number of fused-ring (bicyclic) bond motifs is 2. The highest BCUT2D eigenvalue weighted by atomic mass is 16.7. The fourth-order valence-corrected chi connectivity index (χ4v) is 7.59. The summed E-state index contributed by atoms with van der Waals surface area (Å²) in [6.45, 7) is 6.70. The molecule has 0 radical (unpaired) electrons. The van der Waals surface area contributed by atoms with Gasteiger partial charge in [0, 0.05) is 55.0 Å². The van der Waals surface area contributed by atoms with Gasteiger partial charge in [0.1, 0.15) is 23.7 Å². The standard InChI is InChI=1S/C42H52N8O10/c43-39(47-44)28-7-8-33-32(26-28)38(60-48-33)27-3-1-4-30(25-27)59-29-11-14-49(15-12-29)16-18-56-20-22-58-24-23-57-21-19-55-17-13-45-34-6-2-5-31-37(34)42(54)50(41(31)53)35-9-10-36(51)46-40(35)52/h1-8,25-26,29,33,35,45,48H,9-24,44H2,(H2,43,47)(H,46,51,52). The Kier molecular flexibility index (Phi) is 14.6.